The van der Waals surface area contributed by atoms with Crippen molar-refractivity contribution in [3.8, 4) is 11.8 Å². The van der Waals surface area contributed by atoms with Crippen LogP contribution < -0.4 is 4.74 Å². The van der Waals surface area contributed by atoms with Gasteiger partial charge in [-0.1, -0.05) is 30.3 Å². The van der Waals surface area contributed by atoms with Gasteiger partial charge in [-0.2, -0.15) is 5.26 Å². The van der Waals surface area contributed by atoms with Gasteiger partial charge < -0.3 is 4.74 Å². The first-order valence-corrected chi connectivity index (χ1v) is 5.33. The highest BCUT2D eigenvalue weighted by atomic mass is 16.5. The van der Waals surface area contributed by atoms with Gasteiger partial charge in [0.15, 0.2) is 0 Å². The molecule has 0 saturated heterocycles. The number of hydrogen-bond acceptors (Lipinski definition) is 3. The Morgan fingerprint density at radius 3 is 2.76 bits per heavy atom. The van der Waals surface area contributed by atoms with Gasteiger partial charge in [0.2, 0.25) is 0 Å². The molecule has 0 unspecified atom stereocenters. The van der Waals surface area contributed by atoms with Gasteiger partial charge in [0.25, 0.3) is 0 Å². The Morgan fingerprint density at radius 1 is 1.29 bits per heavy atom. The van der Waals surface area contributed by atoms with E-state index in [9.17, 15) is 0 Å². The maximum Gasteiger partial charge on any atom is 0.140 e. The number of aryl methyl sites for hydroxylation is 1. The summed E-state index contributed by atoms with van der Waals surface area (Å²) in [6.07, 6.45) is 1.54. The summed E-state index contributed by atoms with van der Waals surface area (Å²) in [6.45, 7) is 2.33. The molecule has 17 heavy (non-hydrogen) atoms. The quantitative estimate of drug-likeness (QED) is 0.805. The lowest BCUT2D eigenvalue weighted by atomic mass is 10.2. The van der Waals surface area contributed by atoms with Gasteiger partial charge in [0, 0.05) is 18.0 Å². The minimum atomic E-state index is 0.457. The normalized spacial score (nSPS) is 9.65. The molecule has 1 aromatic heterocycles. The third-order valence-corrected chi connectivity index (χ3v) is 2.36. The Labute approximate surface area is 100 Å². The number of nitriles is 1. The number of aromatic nitrogens is 1. The number of rotatable bonds is 3. The van der Waals surface area contributed by atoms with Crippen molar-refractivity contribution < 1.29 is 4.74 Å². The lowest BCUT2D eigenvalue weighted by Gasteiger charge is -2.08. The Morgan fingerprint density at radius 2 is 2.06 bits per heavy atom. The lowest BCUT2D eigenvalue weighted by Crippen LogP contribution is -1.98. The minimum absolute atomic E-state index is 0.457. The fourth-order valence-corrected chi connectivity index (χ4v) is 1.47. The van der Waals surface area contributed by atoms with Crippen molar-refractivity contribution in [2.45, 2.75) is 13.5 Å². The number of nitrogens with zero attached hydrogens (tertiary/aromatic N) is 2. The molecule has 84 valence electrons. The first-order chi connectivity index (χ1) is 8.29. The number of ether oxygens (including phenoxy) is 1. The standard InChI is InChI=1S/C14H12N2O/c1-11-7-14(13(8-15)9-16-11)17-10-12-5-3-2-4-6-12/h2-7,9H,10H2,1H3. The smallest absolute Gasteiger partial charge is 0.140 e. The maximum atomic E-state index is 8.94. The zero-order valence-corrected chi connectivity index (χ0v) is 9.55. The molecule has 2 aromatic rings. The highest BCUT2D eigenvalue weighted by Gasteiger charge is 2.04. The SMILES string of the molecule is Cc1cc(OCc2ccccc2)c(C#N)cn1. The van der Waals surface area contributed by atoms with Crippen molar-refractivity contribution >= 4 is 0 Å². The average molecular weight is 224 g/mol. The first kappa shape index (κ1) is 11.2. The summed E-state index contributed by atoms with van der Waals surface area (Å²) in [5, 5.41) is 8.94. The summed E-state index contributed by atoms with van der Waals surface area (Å²) in [5.74, 6) is 0.587. The molecule has 1 aromatic carbocycles. The van der Waals surface area contributed by atoms with Crippen LogP contribution in [0.25, 0.3) is 0 Å². The number of benzene rings is 1. The van der Waals surface area contributed by atoms with Crippen LogP contribution in [0, 0.1) is 18.3 Å². The number of pyridine rings is 1. The van der Waals surface area contributed by atoms with Crippen LogP contribution in [0.2, 0.25) is 0 Å². The van der Waals surface area contributed by atoms with Crippen LogP contribution in [-0.4, -0.2) is 4.98 Å². The summed E-state index contributed by atoms with van der Waals surface area (Å²) in [6, 6.07) is 13.7. The van der Waals surface area contributed by atoms with Crippen LogP contribution in [0.15, 0.2) is 42.6 Å². The summed E-state index contributed by atoms with van der Waals surface area (Å²) < 4.78 is 5.63. The van der Waals surface area contributed by atoms with Gasteiger partial charge in [-0.05, 0) is 12.5 Å². The maximum absolute atomic E-state index is 8.94. The van der Waals surface area contributed by atoms with Gasteiger partial charge in [-0.25, -0.2) is 0 Å². The van der Waals surface area contributed by atoms with Crippen LogP contribution in [0.4, 0.5) is 0 Å². The Hall–Kier alpha value is -2.34. The van der Waals surface area contributed by atoms with Crippen molar-refractivity contribution in [1.82, 2.24) is 4.98 Å². The third-order valence-electron chi connectivity index (χ3n) is 2.36. The van der Waals surface area contributed by atoms with E-state index in [1.807, 2.05) is 37.3 Å². The summed E-state index contributed by atoms with van der Waals surface area (Å²) in [4.78, 5) is 4.06. The molecule has 0 N–H and O–H groups in total. The van der Waals surface area contributed by atoms with Crippen molar-refractivity contribution in [1.29, 1.82) is 5.26 Å². The zero-order valence-electron chi connectivity index (χ0n) is 9.55. The van der Waals surface area contributed by atoms with Crippen molar-refractivity contribution in [3.63, 3.8) is 0 Å². The molecule has 0 aliphatic heterocycles. The van der Waals surface area contributed by atoms with E-state index in [2.05, 4.69) is 11.1 Å². The van der Waals surface area contributed by atoms with Gasteiger partial charge >= 0.3 is 0 Å². The monoisotopic (exact) mass is 224 g/mol. The molecule has 1 heterocycles. The van der Waals surface area contributed by atoms with E-state index >= 15 is 0 Å². The minimum Gasteiger partial charge on any atom is -0.487 e. The van der Waals surface area contributed by atoms with Crippen molar-refractivity contribution in [2.75, 3.05) is 0 Å². The molecule has 0 bridgehead atoms. The largest absolute Gasteiger partial charge is 0.487 e. The van der Waals surface area contributed by atoms with E-state index in [1.165, 1.54) is 6.20 Å². The molecule has 0 aliphatic carbocycles. The van der Waals surface area contributed by atoms with E-state index in [1.54, 1.807) is 6.07 Å². The second-order valence-electron chi connectivity index (χ2n) is 3.71. The molecule has 0 aliphatic rings. The van der Waals surface area contributed by atoms with Gasteiger partial charge in [0.05, 0.1) is 0 Å². The summed E-state index contributed by atoms with van der Waals surface area (Å²) >= 11 is 0. The van der Waals surface area contributed by atoms with E-state index < -0.39 is 0 Å². The summed E-state index contributed by atoms with van der Waals surface area (Å²) in [5.41, 5.74) is 2.38. The topological polar surface area (TPSA) is 45.9 Å². The lowest BCUT2D eigenvalue weighted by molar-refractivity contribution is 0.304. The van der Waals surface area contributed by atoms with Crippen LogP contribution in [0.3, 0.4) is 0 Å². The first-order valence-electron chi connectivity index (χ1n) is 5.33. The second kappa shape index (κ2) is 5.13. The molecule has 0 amide bonds. The van der Waals surface area contributed by atoms with E-state index in [4.69, 9.17) is 10.00 Å². The van der Waals surface area contributed by atoms with Gasteiger partial charge in [0.1, 0.15) is 24.0 Å². The van der Waals surface area contributed by atoms with Crippen LogP contribution in [-0.2, 0) is 6.61 Å². The highest BCUT2D eigenvalue weighted by molar-refractivity contribution is 5.41. The van der Waals surface area contributed by atoms with Crippen molar-refractivity contribution in [3.05, 3.63) is 59.4 Å². The molecule has 0 spiro atoms. The molecule has 0 atom stereocenters. The zero-order chi connectivity index (χ0) is 12.1. The summed E-state index contributed by atoms with van der Waals surface area (Å²) in [7, 11) is 0. The predicted molar refractivity (Wildman–Crippen MR) is 64.5 cm³/mol. The van der Waals surface area contributed by atoms with Crippen LogP contribution in [0.5, 0.6) is 5.75 Å². The van der Waals surface area contributed by atoms with E-state index in [0.29, 0.717) is 17.9 Å². The van der Waals surface area contributed by atoms with Gasteiger partial charge in [-0.15, -0.1) is 0 Å². The Bertz CT molecular complexity index is 544. The van der Waals surface area contributed by atoms with Gasteiger partial charge in [-0.3, -0.25) is 4.98 Å². The Kier molecular flexibility index (Phi) is 3.37. The molecule has 0 radical (unpaired) electrons. The van der Waals surface area contributed by atoms with Crippen LogP contribution >= 0.6 is 0 Å². The second-order valence-corrected chi connectivity index (χ2v) is 3.71. The molecule has 3 nitrogen and oxygen atoms in total. The molecule has 2 rings (SSSR count). The van der Waals surface area contributed by atoms with E-state index in [0.717, 1.165) is 11.3 Å². The fourth-order valence-electron chi connectivity index (χ4n) is 1.47. The highest BCUT2D eigenvalue weighted by Crippen LogP contribution is 2.18. The van der Waals surface area contributed by atoms with Crippen LogP contribution in [0.1, 0.15) is 16.8 Å². The van der Waals surface area contributed by atoms with Crippen molar-refractivity contribution in [2.24, 2.45) is 0 Å². The molecular weight excluding hydrogens is 212 g/mol. The molecular formula is C14H12N2O. The van der Waals surface area contributed by atoms with E-state index in [-0.39, 0.29) is 0 Å². The molecule has 0 fully saturated rings. The fraction of sp³-hybridized carbons (Fsp3) is 0.143. The Balaban J connectivity index is 2.14. The average Bonchev–Trinajstić information content (AvgIpc) is 2.38. The third kappa shape index (κ3) is 2.82. The number of hydrogen-bond donors (Lipinski definition) is 0. The molecule has 3 heteroatoms. The molecule has 0 saturated carbocycles. The predicted octanol–water partition coefficient (Wildman–Crippen LogP) is 2.84.